The average molecular weight is 489 g/mol. The Balaban J connectivity index is 2.01. The van der Waals surface area contributed by atoms with Crippen molar-refractivity contribution in [1.82, 2.24) is 5.32 Å². The third kappa shape index (κ3) is 4.75. The van der Waals surface area contributed by atoms with Crippen LogP contribution in [0.1, 0.15) is 42.6 Å². The fourth-order valence-corrected chi connectivity index (χ4v) is 4.18. The van der Waals surface area contributed by atoms with E-state index in [1.54, 1.807) is 18.2 Å². The van der Waals surface area contributed by atoms with Gasteiger partial charge in [0.2, 0.25) is 5.88 Å². The Morgan fingerprint density at radius 1 is 0.917 bits per heavy atom. The summed E-state index contributed by atoms with van der Waals surface area (Å²) in [6.45, 7) is 5.64. The molecule has 0 bridgehead atoms. The average Bonchev–Trinajstić information content (AvgIpc) is 2.86. The number of carbonyl (C=O) groups is 3. The normalized spacial score (nSPS) is 15.0. The van der Waals surface area contributed by atoms with Gasteiger partial charge >= 0.3 is 11.9 Å². The number of hydrogen-bond acceptors (Lipinski definition) is 7. The predicted molar refractivity (Wildman–Crippen MR) is 136 cm³/mol. The summed E-state index contributed by atoms with van der Waals surface area (Å²) < 4.78 is 16.4. The van der Waals surface area contributed by atoms with Crippen molar-refractivity contribution in [3.63, 3.8) is 0 Å². The molecule has 4 rings (SSSR count). The molecule has 3 aromatic carbocycles. The van der Waals surface area contributed by atoms with Crippen LogP contribution in [0, 0.1) is 0 Å². The van der Waals surface area contributed by atoms with Crippen LogP contribution in [0.25, 0.3) is 10.8 Å². The molecule has 0 saturated heterocycles. The van der Waals surface area contributed by atoms with Crippen molar-refractivity contribution in [3.8, 4) is 5.75 Å². The Bertz CT molecular complexity index is 1370. The number of nitrogens with one attached hydrogen (secondary N) is 2. The molecule has 1 unspecified atom stereocenters. The lowest BCUT2D eigenvalue weighted by molar-refractivity contribution is -0.145. The molecule has 8 heteroatoms. The molecule has 1 amide bonds. The van der Waals surface area contributed by atoms with E-state index in [0.717, 1.165) is 0 Å². The highest BCUT2D eigenvalue weighted by Gasteiger charge is 2.43. The second kappa shape index (κ2) is 9.73. The van der Waals surface area contributed by atoms with Crippen molar-refractivity contribution >= 4 is 34.3 Å². The SMILES string of the molecule is COC(=O)C1=C(NC(C)(C)C)Oc2c(C(=O)Nc3ccccc3)cc3ccccc3c2C1C(=O)OC. The van der Waals surface area contributed by atoms with E-state index in [9.17, 15) is 14.4 Å². The van der Waals surface area contributed by atoms with Gasteiger partial charge in [0, 0.05) is 16.8 Å². The van der Waals surface area contributed by atoms with Gasteiger partial charge in [-0.2, -0.15) is 0 Å². The van der Waals surface area contributed by atoms with Crippen molar-refractivity contribution in [3.05, 3.63) is 83.2 Å². The van der Waals surface area contributed by atoms with Gasteiger partial charge in [-0.1, -0.05) is 42.5 Å². The quantitative estimate of drug-likeness (QED) is 0.509. The van der Waals surface area contributed by atoms with Crippen molar-refractivity contribution in [2.45, 2.75) is 32.2 Å². The molecule has 8 nitrogen and oxygen atoms in total. The summed E-state index contributed by atoms with van der Waals surface area (Å²) in [5.41, 5.74) is 0.591. The van der Waals surface area contributed by atoms with Crippen molar-refractivity contribution in [2.75, 3.05) is 19.5 Å². The molecule has 36 heavy (non-hydrogen) atoms. The highest BCUT2D eigenvalue weighted by Crippen LogP contribution is 2.46. The number of benzene rings is 3. The monoisotopic (exact) mass is 488 g/mol. The van der Waals surface area contributed by atoms with E-state index in [0.29, 0.717) is 22.0 Å². The van der Waals surface area contributed by atoms with Gasteiger partial charge in [-0.05, 0) is 49.7 Å². The zero-order valence-corrected chi connectivity index (χ0v) is 20.8. The van der Waals surface area contributed by atoms with E-state index < -0.39 is 29.3 Å². The third-order valence-electron chi connectivity index (χ3n) is 5.67. The van der Waals surface area contributed by atoms with Crippen LogP contribution in [0.2, 0.25) is 0 Å². The maximum absolute atomic E-state index is 13.5. The number of amides is 1. The summed E-state index contributed by atoms with van der Waals surface area (Å²) in [7, 11) is 2.48. The van der Waals surface area contributed by atoms with Gasteiger partial charge in [0.15, 0.2) is 0 Å². The predicted octanol–water partition coefficient (Wildman–Crippen LogP) is 4.51. The molecule has 0 aliphatic carbocycles. The molecular weight excluding hydrogens is 460 g/mol. The summed E-state index contributed by atoms with van der Waals surface area (Å²) in [5, 5.41) is 7.38. The first-order valence-electron chi connectivity index (χ1n) is 11.4. The summed E-state index contributed by atoms with van der Waals surface area (Å²) in [5.74, 6) is -2.85. The fourth-order valence-electron chi connectivity index (χ4n) is 4.18. The maximum Gasteiger partial charge on any atom is 0.340 e. The minimum Gasteiger partial charge on any atom is -0.468 e. The van der Waals surface area contributed by atoms with Gasteiger partial charge < -0.3 is 24.8 Å². The maximum atomic E-state index is 13.5. The Morgan fingerprint density at radius 3 is 2.22 bits per heavy atom. The molecule has 0 spiro atoms. The van der Waals surface area contributed by atoms with Gasteiger partial charge in [-0.15, -0.1) is 0 Å². The van der Waals surface area contributed by atoms with Gasteiger partial charge in [0.25, 0.3) is 5.91 Å². The zero-order chi connectivity index (χ0) is 26.0. The molecule has 0 fully saturated rings. The van der Waals surface area contributed by atoms with Gasteiger partial charge in [-0.3, -0.25) is 9.59 Å². The molecule has 186 valence electrons. The third-order valence-corrected chi connectivity index (χ3v) is 5.67. The smallest absolute Gasteiger partial charge is 0.340 e. The molecule has 1 atom stereocenters. The molecule has 0 saturated carbocycles. The largest absolute Gasteiger partial charge is 0.468 e. The second-order valence-corrected chi connectivity index (χ2v) is 9.38. The minimum absolute atomic E-state index is 0.0290. The van der Waals surface area contributed by atoms with Crippen molar-refractivity contribution in [1.29, 1.82) is 0 Å². The highest BCUT2D eigenvalue weighted by atomic mass is 16.5. The van der Waals surface area contributed by atoms with E-state index in [4.69, 9.17) is 14.2 Å². The number of esters is 2. The van der Waals surface area contributed by atoms with Crippen LogP contribution in [0.4, 0.5) is 5.69 Å². The van der Waals surface area contributed by atoms with Gasteiger partial charge in [-0.25, -0.2) is 4.79 Å². The van der Waals surface area contributed by atoms with E-state index in [-0.39, 0.29) is 22.8 Å². The van der Waals surface area contributed by atoms with Crippen LogP contribution >= 0.6 is 0 Å². The summed E-state index contributed by atoms with van der Waals surface area (Å²) >= 11 is 0. The number of hydrogen-bond donors (Lipinski definition) is 2. The van der Waals surface area contributed by atoms with Crippen LogP contribution in [0.3, 0.4) is 0 Å². The Hall–Kier alpha value is -4.33. The molecule has 2 N–H and O–H groups in total. The fraction of sp³-hybridized carbons (Fsp3) is 0.250. The first-order chi connectivity index (χ1) is 17.1. The molecule has 0 aromatic heterocycles. The molecule has 3 aromatic rings. The van der Waals surface area contributed by atoms with Gasteiger partial charge in [0.1, 0.15) is 17.2 Å². The Labute approximate surface area is 209 Å². The second-order valence-electron chi connectivity index (χ2n) is 9.38. The van der Waals surface area contributed by atoms with Crippen molar-refractivity contribution < 1.29 is 28.6 Å². The lowest BCUT2D eigenvalue weighted by Gasteiger charge is -2.33. The Kier molecular flexibility index (Phi) is 6.70. The van der Waals surface area contributed by atoms with E-state index in [1.165, 1.54) is 14.2 Å². The molecule has 1 aliphatic heterocycles. The minimum atomic E-state index is -1.19. The first-order valence-corrected chi connectivity index (χ1v) is 11.4. The summed E-state index contributed by atoms with van der Waals surface area (Å²) in [4.78, 5) is 39.8. The summed E-state index contributed by atoms with van der Waals surface area (Å²) in [6.07, 6.45) is 0. The molecule has 1 heterocycles. The van der Waals surface area contributed by atoms with Crippen LogP contribution < -0.4 is 15.4 Å². The number of carbonyl (C=O) groups excluding carboxylic acids is 3. The lowest BCUT2D eigenvalue weighted by Crippen LogP contribution is -2.42. The number of para-hydroxylation sites is 1. The number of fused-ring (bicyclic) bond motifs is 3. The Morgan fingerprint density at radius 2 is 1.58 bits per heavy atom. The van der Waals surface area contributed by atoms with Crippen LogP contribution in [-0.2, 0) is 19.1 Å². The lowest BCUT2D eigenvalue weighted by atomic mass is 9.83. The van der Waals surface area contributed by atoms with E-state index in [2.05, 4.69) is 10.6 Å². The standard InChI is InChI=1S/C28H28N2O6/c1-28(2,3)30-25-22(27(33)35-5)21(26(32)34-4)20-18-14-10-9-11-16(18)15-19(23(20)36-25)24(31)29-17-12-7-6-8-13-17/h6-15,21,30H,1-5H3,(H,29,31). The van der Waals surface area contributed by atoms with Crippen LogP contribution in [0.5, 0.6) is 5.75 Å². The number of methoxy groups -OCH3 is 2. The number of ether oxygens (including phenoxy) is 3. The van der Waals surface area contributed by atoms with Crippen molar-refractivity contribution in [2.24, 2.45) is 0 Å². The number of anilines is 1. The van der Waals surface area contributed by atoms with E-state index >= 15 is 0 Å². The van der Waals surface area contributed by atoms with Crippen LogP contribution in [-0.4, -0.2) is 37.6 Å². The zero-order valence-electron chi connectivity index (χ0n) is 20.8. The molecule has 1 aliphatic rings. The highest BCUT2D eigenvalue weighted by molar-refractivity contribution is 6.12. The molecule has 0 radical (unpaired) electrons. The molecular formula is C28H28N2O6. The summed E-state index contributed by atoms with van der Waals surface area (Å²) in [6, 6.07) is 18.0. The van der Waals surface area contributed by atoms with E-state index in [1.807, 2.05) is 63.2 Å². The first kappa shape index (κ1) is 24.8. The topological polar surface area (TPSA) is 103 Å². The van der Waals surface area contributed by atoms with Gasteiger partial charge in [0.05, 0.1) is 19.8 Å². The number of rotatable bonds is 5. The van der Waals surface area contributed by atoms with Crippen LogP contribution in [0.15, 0.2) is 72.1 Å².